The van der Waals surface area contributed by atoms with Crippen LogP contribution >= 0.6 is 0 Å². The molecule has 15 heavy (non-hydrogen) atoms. The van der Waals surface area contributed by atoms with Gasteiger partial charge in [-0.05, 0) is 25.3 Å². The molecule has 0 radical (unpaired) electrons. The third kappa shape index (κ3) is 4.18. The lowest BCUT2D eigenvalue weighted by Crippen LogP contribution is -2.41. The number of hydrogen-bond acceptors (Lipinski definition) is 3. The molecule has 1 atom stereocenters. The van der Waals surface area contributed by atoms with E-state index >= 15 is 0 Å². The minimum absolute atomic E-state index is 0.223. The fourth-order valence-electron chi connectivity index (χ4n) is 1.99. The number of carboxylic acid groups (broad SMARTS) is 1. The van der Waals surface area contributed by atoms with Crippen molar-refractivity contribution in [2.75, 3.05) is 26.8 Å². The third-order valence-corrected chi connectivity index (χ3v) is 2.99. The average Bonchev–Trinajstić information content (AvgIpc) is 3.00. The van der Waals surface area contributed by atoms with Crippen molar-refractivity contribution >= 4 is 5.97 Å². The van der Waals surface area contributed by atoms with Gasteiger partial charge in [-0.1, -0.05) is 6.92 Å². The maximum absolute atomic E-state index is 10.5. The van der Waals surface area contributed by atoms with E-state index in [1.165, 1.54) is 12.8 Å². The lowest BCUT2D eigenvalue weighted by molar-refractivity contribution is -0.137. The summed E-state index contributed by atoms with van der Waals surface area (Å²) < 4.78 is 5.21. The van der Waals surface area contributed by atoms with Crippen molar-refractivity contribution in [1.29, 1.82) is 0 Å². The average molecular weight is 215 g/mol. The monoisotopic (exact) mass is 215 g/mol. The second-order valence-corrected chi connectivity index (χ2v) is 4.13. The molecule has 1 N–H and O–H groups in total. The number of methoxy groups -OCH3 is 1. The fourth-order valence-corrected chi connectivity index (χ4v) is 1.99. The van der Waals surface area contributed by atoms with Gasteiger partial charge >= 0.3 is 5.97 Å². The van der Waals surface area contributed by atoms with Gasteiger partial charge in [0.15, 0.2) is 0 Å². The minimum Gasteiger partial charge on any atom is -0.481 e. The van der Waals surface area contributed by atoms with Crippen LogP contribution in [-0.2, 0) is 9.53 Å². The van der Waals surface area contributed by atoms with Crippen molar-refractivity contribution in [2.45, 2.75) is 32.2 Å². The first-order chi connectivity index (χ1) is 7.19. The minimum atomic E-state index is -0.722. The van der Waals surface area contributed by atoms with Crippen LogP contribution in [0.3, 0.4) is 0 Å². The summed E-state index contributed by atoms with van der Waals surface area (Å²) in [4.78, 5) is 12.8. The molecule has 0 aromatic heterocycles. The highest BCUT2D eigenvalue weighted by Crippen LogP contribution is 2.35. The van der Waals surface area contributed by atoms with Crippen LogP contribution < -0.4 is 0 Å². The molecule has 0 saturated heterocycles. The second-order valence-electron chi connectivity index (χ2n) is 4.13. The van der Waals surface area contributed by atoms with E-state index in [4.69, 9.17) is 9.84 Å². The third-order valence-electron chi connectivity index (χ3n) is 2.99. The molecule has 4 heteroatoms. The Bertz CT molecular complexity index is 204. The summed E-state index contributed by atoms with van der Waals surface area (Å²) in [6.07, 6.45) is 2.75. The van der Waals surface area contributed by atoms with Gasteiger partial charge in [0.05, 0.1) is 13.0 Å². The Morgan fingerprint density at radius 3 is 2.67 bits per heavy atom. The number of likely N-dealkylation sites (N-methyl/N-ethyl adjacent to an activating group) is 1. The van der Waals surface area contributed by atoms with Gasteiger partial charge in [0.25, 0.3) is 0 Å². The molecule has 0 aromatic carbocycles. The van der Waals surface area contributed by atoms with E-state index < -0.39 is 5.97 Å². The van der Waals surface area contributed by atoms with E-state index in [0.29, 0.717) is 12.6 Å². The molecule has 4 nitrogen and oxygen atoms in total. The van der Waals surface area contributed by atoms with Gasteiger partial charge in [-0.25, -0.2) is 0 Å². The quantitative estimate of drug-likeness (QED) is 0.661. The molecule has 0 bridgehead atoms. The van der Waals surface area contributed by atoms with Crippen molar-refractivity contribution in [3.63, 3.8) is 0 Å². The highest BCUT2D eigenvalue weighted by molar-refractivity contribution is 5.66. The number of aliphatic carboxylic acids is 1. The van der Waals surface area contributed by atoms with E-state index in [9.17, 15) is 4.79 Å². The zero-order valence-corrected chi connectivity index (χ0v) is 9.61. The van der Waals surface area contributed by atoms with Gasteiger partial charge < -0.3 is 9.84 Å². The van der Waals surface area contributed by atoms with Crippen LogP contribution in [0.2, 0.25) is 0 Å². The molecule has 1 unspecified atom stereocenters. The molecule has 88 valence electrons. The maximum Gasteiger partial charge on any atom is 0.304 e. The first-order valence-corrected chi connectivity index (χ1v) is 5.63. The molecule has 0 aliphatic heterocycles. The summed E-state index contributed by atoms with van der Waals surface area (Å²) >= 11 is 0. The molecule has 0 spiro atoms. The van der Waals surface area contributed by atoms with Gasteiger partial charge in [0.1, 0.15) is 0 Å². The van der Waals surface area contributed by atoms with Crippen molar-refractivity contribution < 1.29 is 14.6 Å². The molecule has 1 aliphatic carbocycles. The second kappa shape index (κ2) is 6.08. The Balaban J connectivity index is 2.41. The first-order valence-electron chi connectivity index (χ1n) is 5.63. The molecular weight excluding hydrogens is 194 g/mol. The van der Waals surface area contributed by atoms with E-state index in [1.807, 2.05) is 0 Å². The summed E-state index contributed by atoms with van der Waals surface area (Å²) in [5.41, 5.74) is 0. The lowest BCUT2D eigenvalue weighted by atomic mass is 10.1. The van der Waals surface area contributed by atoms with Gasteiger partial charge in [-0.3, -0.25) is 9.69 Å². The molecule has 1 saturated carbocycles. The molecular formula is C11H21NO3. The summed E-state index contributed by atoms with van der Waals surface area (Å²) in [5, 5.41) is 8.67. The molecule has 1 fully saturated rings. The number of ether oxygens (including phenoxy) is 1. The number of nitrogens with zero attached hydrogens (tertiary/aromatic N) is 1. The van der Waals surface area contributed by atoms with Crippen LogP contribution in [0.5, 0.6) is 0 Å². The lowest BCUT2D eigenvalue weighted by Gasteiger charge is -2.29. The van der Waals surface area contributed by atoms with E-state index in [2.05, 4.69) is 11.8 Å². The standard InChI is InChI=1S/C11H21NO3/c1-3-12(7-6-11(13)14)10(8-15-2)9-4-5-9/h9-10H,3-8H2,1-2H3,(H,13,14). The zero-order chi connectivity index (χ0) is 11.3. The van der Waals surface area contributed by atoms with Gasteiger partial charge in [0.2, 0.25) is 0 Å². The molecule has 1 aliphatic rings. The molecule has 0 aromatic rings. The topological polar surface area (TPSA) is 49.8 Å². The van der Waals surface area contributed by atoms with Crippen molar-refractivity contribution in [2.24, 2.45) is 5.92 Å². The molecule has 1 rings (SSSR count). The van der Waals surface area contributed by atoms with Crippen LogP contribution in [0.15, 0.2) is 0 Å². The number of hydrogen-bond donors (Lipinski definition) is 1. The van der Waals surface area contributed by atoms with Crippen LogP contribution in [0.1, 0.15) is 26.2 Å². The van der Waals surface area contributed by atoms with Crippen molar-refractivity contribution in [3.05, 3.63) is 0 Å². The predicted octanol–water partition coefficient (Wildman–Crippen LogP) is 1.21. The van der Waals surface area contributed by atoms with E-state index in [1.54, 1.807) is 7.11 Å². The zero-order valence-electron chi connectivity index (χ0n) is 9.61. The van der Waals surface area contributed by atoms with Gasteiger partial charge in [0, 0.05) is 19.7 Å². The van der Waals surface area contributed by atoms with Crippen LogP contribution in [0, 0.1) is 5.92 Å². The normalized spacial score (nSPS) is 18.1. The Kier molecular flexibility index (Phi) is 5.05. The fraction of sp³-hybridized carbons (Fsp3) is 0.909. The largest absolute Gasteiger partial charge is 0.481 e. The van der Waals surface area contributed by atoms with Gasteiger partial charge in [-0.2, -0.15) is 0 Å². The highest BCUT2D eigenvalue weighted by Gasteiger charge is 2.34. The van der Waals surface area contributed by atoms with E-state index in [-0.39, 0.29) is 6.42 Å². The number of carbonyl (C=O) groups is 1. The summed E-state index contributed by atoms with van der Waals surface area (Å²) in [5.74, 6) is -0.000825. The summed E-state index contributed by atoms with van der Waals surface area (Å²) in [6, 6.07) is 0.416. The maximum atomic E-state index is 10.5. The summed E-state index contributed by atoms with van der Waals surface area (Å²) in [7, 11) is 1.71. The Hall–Kier alpha value is -0.610. The Morgan fingerprint density at radius 2 is 2.27 bits per heavy atom. The molecule has 0 amide bonds. The number of rotatable bonds is 8. The van der Waals surface area contributed by atoms with Crippen LogP contribution in [-0.4, -0.2) is 48.8 Å². The van der Waals surface area contributed by atoms with Crippen LogP contribution in [0.4, 0.5) is 0 Å². The Labute approximate surface area is 91.2 Å². The summed E-state index contributed by atoms with van der Waals surface area (Å²) in [6.45, 7) is 4.33. The smallest absolute Gasteiger partial charge is 0.304 e. The van der Waals surface area contributed by atoms with Crippen LogP contribution in [0.25, 0.3) is 0 Å². The predicted molar refractivity (Wildman–Crippen MR) is 57.9 cm³/mol. The van der Waals surface area contributed by atoms with Crippen molar-refractivity contribution in [1.82, 2.24) is 4.90 Å². The SMILES string of the molecule is CCN(CCC(=O)O)C(COC)C1CC1. The van der Waals surface area contributed by atoms with Gasteiger partial charge in [-0.15, -0.1) is 0 Å². The Morgan fingerprint density at radius 1 is 1.60 bits per heavy atom. The van der Waals surface area contributed by atoms with E-state index in [0.717, 1.165) is 19.1 Å². The van der Waals surface area contributed by atoms with Crippen molar-refractivity contribution in [3.8, 4) is 0 Å². The molecule has 0 heterocycles. The highest BCUT2D eigenvalue weighted by atomic mass is 16.5. The number of carboxylic acids is 1. The first kappa shape index (κ1) is 12.5.